The number of hydrogen-bond donors (Lipinski definition) is 1. The standard InChI is InChI=1S/C13H17BrN2/c14-12-2-1-10-8-16(9-11(10)7-12)13-3-5-15-6-4-13/h1-2,7,13,15H,3-6,8-9H2. The number of rotatable bonds is 1. The Kier molecular flexibility index (Phi) is 3.01. The Morgan fingerprint density at radius 1 is 1.12 bits per heavy atom. The van der Waals surface area contributed by atoms with Crippen LogP contribution < -0.4 is 5.32 Å². The quantitative estimate of drug-likeness (QED) is 0.851. The van der Waals surface area contributed by atoms with Gasteiger partial charge in [-0.1, -0.05) is 22.0 Å². The minimum atomic E-state index is 0.785. The van der Waals surface area contributed by atoms with Crippen LogP contribution in [0.2, 0.25) is 0 Å². The second kappa shape index (κ2) is 4.47. The molecule has 1 aromatic rings. The zero-order chi connectivity index (χ0) is 11.0. The molecule has 0 amide bonds. The predicted molar refractivity (Wildman–Crippen MR) is 69.3 cm³/mol. The number of benzene rings is 1. The Hall–Kier alpha value is -0.380. The lowest BCUT2D eigenvalue weighted by atomic mass is 10.1. The molecule has 3 rings (SSSR count). The Labute approximate surface area is 105 Å². The fraction of sp³-hybridized carbons (Fsp3) is 0.538. The third kappa shape index (κ3) is 2.04. The molecule has 1 saturated heterocycles. The molecule has 0 unspecified atom stereocenters. The second-order valence-corrected chi connectivity index (χ2v) is 5.71. The van der Waals surface area contributed by atoms with Crippen molar-refractivity contribution >= 4 is 15.9 Å². The molecule has 0 spiro atoms. The third-order valence-electron chi connectivity index (χ3n) is 3.74. The molecular weight excluding hydrogens is 264 g/mol. The van der Waals surface area contributed by atoms with E-state index in [1.165, 1.54) is 41.5 Å². The van der Waals surface area contributed by atoms with Gasteiger partial charge in [-0.25, -0.2) is 0 Å². The summed E-state index contributed by atoms with van der Waals surface area (Å²) >= 11 is 3.55. The van der Waals surface area contributed by atoms with Crippen LogP contribution in [0.15, 0.2) is 22.7 Å². The average molecular weight is 281 g/mol. The van der Waals surface area contributed by atoms with Gasteiger partial charge in [0.25, 0.3) is 0 Å². The second-order valence-electron chi connectivity index (χ2n) is 4.80. The number of fused-ring (bicyclic) bond motifs is 1. The molecule has 1 aromatic carbocycles. The van der Waals surface area contributed by atoms with Gasteiger partial charge in [0.1, 0.15) is 0 Å². The van der Waals surface area contributed by atoms with Crippen LogP contribution in [0.5, 0.6) is 0 Å². The van der Waals surface area contributed by atoms with E-state index in [1.54, 1.807) is 0 Å². The molecule has 16 heavy (non-hydrogen) atoms. The number of nitrogens with zero attached hydrogens (tertiary/aromatic N) is 1. The maximum atomic E-state index is 3.55. The normalized spacial score (nSPS) is 22.3. The smallest absolute Gasteiger partial charge is 0.0243 e. The summed E-state index contributed by atoms with van der Waals surface area (Å²) in [5.74, 6) is 0. The van der Waals surface area contributed by atoms with Gasteiger partial charge in [0, 0.05) is 23.6 Å². The highest BCUT2D eigenvalue weighted by atomic mass is 79.9. The van der Waals surface area contributed by atoms with Crippen molar-refractivity contribution in [3.05, 3.63) is 33.8 Å². The van der Waals surface area contributed by atoms with E-state index in [4.69, 9.17) is 0 Å². The zero-order valence-corrected chi connectivity index (χ0v) is 11.0. The van der Waals surface area contributed by atoms with E-state index >= 15 is 0 Å². The molecule has 2 nitrogen and oxygen atoms in total. The summed E-state index contributed by atoms with van der Waals surface area (Å²) in [6, 6.07) is 7.48. The van der Waals surface area contributed by atoms with Crippen molar-refractivity contribution in [1.29, 1.82) is 0 Å². The van der Waals surface area contributed by atoms with Gasteiger partial charge in [-0.05, 0) is 49.2 Å². The Morgan fingerprint density at radius 3 is 2.69 bits per heavy atom. The van der Waals surface area contributed by atoms with Gasteiger partial charge < -0.3 is 5.32 Å². The summed E-state index contributed by atoms with van der Waals surface area (Å²) in [7, 11) is 0. The van der Waals surface area contributed by atoms with Crippen molar-refractivity contribution in [2.45, 2.75) is 32.0 Å². The molecule has 0 aliphatic carbocycles. The van der Waals surface area contributed by atoms with Gasteiger partial charge in [-0.15, -0.1) is 0 Å². The van der Waals surface area contributed by atoms with Crippen molar-refractivity contribution in [3.63, 3.8) is 0 Å². The Bertz CT molecular complexity index is 386. The molecule has 0 aromatic heterocycles. The van der Waals surface area contributed by atoms with Gasteiger partial charge in [0.15, 0.2) is 0 Å². The van der Waals surface area contributed by atoms with E-state index in [1.807, 2.05) is 0 Å². The van der Waals surface area contributed by atoms with Crippen LogP contribution in [0.1, 0.15) is 24.0 Å². The van der Waals surface area contributed by atoms with Crippen molar-refractivity contribution in [2.75, 3.05) is 13.1 Å². The largest absolute Gasteiger partial charge is 0.317 e. The molecule has 2 aliphatic rings. The van der Waals surface area contributed by atoms with Crippen molar-refractivity contribution < 1.29 is 0 Å². The summed E-state index contributed by atoms with van der Waals surface area (Å²) in [5, 5.41) is 3.43. The summed E-state index contributed by atoms with van der Waals surface area (Å²) in [5.41, 5.74) is 3.02. The zero-order valence-electron chi connectivity index (χ0n) is 9.38. The lowest BCUT2D eigenvalue weighted by Gasteiger charge is -2.31. The molecule has 0 bridgehead atoms. The van der Waals surface area contributed by atoms with Gasteiger partial charge in [-0.3, -0.25) is 4.90 Å². The lowest BCUT2D eigenvalue weighted by molar-refractivity contribution is 0.163. The van der Waals surface area contributed by atoms with E-state index < -0.39 is 0 Å². The van der Waals surface area contributed by atoms with Crippen molar-refractivity contribution in [2.24, 2.45) is 0 Å². The molecule has 2 aliphatic heterocycles. The molecular formula is C13H17BrN2. The van der Waals surface area contributed by atoms with Crippen LogP contribution in [-0.2, 0) is 13.1 Å². The summed E-state index contributed by atoms with van der Waals surface area (Å²) in [4.78, 5) is 2.64. The van der Waals surface area contributed by atoms with Crippen molar-refractivity contribution in [1.82, 2.24) is 10.2 Å². The first-order chi connectivity index (χ1) is 7.83. The summed E-state index contributed by atoms with van der Waals surface area (Å²) < 4.78 is 1.21. The molecule has 1 fully saturated rings. The fourth-order valence-electron chi connectivity index (χ4n) is 2.82. The number of hydrogen-bond acceptors (Lipinski definition) is 2. The molecule has 0 radical (unpaired) electrons. The van der Waals surface area contributed by atoms with Gasteiger partial charge in [-0.2, -0.15) is 0 Å². The van der Waals surface area contributed by atoms with Gasteiger partial charge >= 0.3 is 0 Å². The van der Waals surface area contributed by atoms with Crippen LogP contribution in [0.4, 0.5) is 0 Å². The Balaban J connectivity index is 1.74. The molecule has 2 heterocycles. The highest BCUT2D eigenvalue weighted by Gasteiger charge is 2.26. The van der Waals surface area contributed by atoms with Crippen LogP contribution in [0.3, 0.4) is 0 Å². The first-order valence-corrected chi connectivity index (χ1v) is 6.84. The molecule has 0 saturated carbocycles. The highest BCUT2D eigenvalue weighted by molar-refractivity contribution is 9.10. The lowest BCUT2D eigenvalue weighted by Crippen LogP contribution is -2.40. The minimum absolute atomic E-state index is 0.785. The van der Waals surface area contributed by atoms with Crippen LogP contribution in [0.25, 0.3) is 0 Å². The monoisotopic (exact) mass is 280 g/mol. The van der Waals surface area contributed by atoms with Gasteiger partial charge in [0.05, 0.1) is 0 Å². The Morgan fingerprint density at radius 2 is 1.88 bits per heavy atom. The van der Waals surface area contributed by atoms with E-state index in [0.29, 0.717) is 0 Å². The number of halogens is 1. The van der Waals surface area contributed by atoms with E-state index in [-0.39, 0.29) is 0 Å². The van der Waals surface area contributed by atoms with Crippen molar-refractivity contribution in [3.8, 4) is 0 Å². The van der Waals surface area contributed by atoms with Crippen LogP contribution in [0, 0.1) is 0 Å². The highest BCUT2D eigenvalue weighted by Crippen LogP contribution is 2.29. The summed E-state index contributed by atoms with van der Waals surface area (Å²) in [6.45, 7) is 4.65. The maximum absolute atomic E-state index is 3.55. The van der Waals surface area contributed by atoms with Gasteiger partial charge in [0.2, 0.25) is 0 Å². The number of nitrogens with one attached hydrogen (secondary N) is 1. The summed E-state index contributed by atoms with van der Waals surface area (Å²) in [6.07, 6.45) is 2.60. The maximum Gasteiger partial charge on any atom is 0.0243 e. The average Bonchev–Trinajstić information content (AvgIpc) is 2.73. The minimum Gasteiger partial charge on any atom is -0.317 e. The van der Waals surface area contributed by atoms with E-state index in [0.717, 1.165) is 19.1 Å². The first kappa shape index (κ1) is 10.8. The topological polar surface area (TPSA) is 15.3 Å². The SMILES string of the molecule is Brc1ccc2c(c1)CN(C1CCNCC1)C2. The molecule has 3 heteroatoms. The molecule has 1 N–H and O–H groups in total. The predicted octanol–water partition coefficient (Wildman–Crippen LogP) is 2.52. The first-order valence-electron chi connectivity index (χ1n) is 6.05. The van der Waals surface area contributed by atoms with Crippen LogP contribution in [-0.4, -0.2) is 24.0 Å². The van der Waals surface area contributed by atoms with E-state index in [2.05, 4.69) is 44.3 Å². The van der Waals surface area contributed by atoms with E-state index in [9.17, 15) is 0 Å². The molecule has 0 atom stereocenters. The third-order valence-corrected chi connectivity index (χ3v) is 4.23. The number of piperidine rings is 1. The fourth-order valence-corrected chi connectivity index (χ4v) is 3.23. The van der Waals surface area contributed by atoms with Crippen LogP contribution >= 0.6 is 15.9 Å². The molecule has 86 valence electrons.